The van der Waals surface area contributed by atoms with Gasteiger partial charge >= 0.3 is 12.0 Å². The first kappa shape index (κ1) is 24.8. The molecule has 7 nitrogen and oxygen atoms in total. The third kappa shape index (κ3) is 7.08. The largest absolute Gasteiger partial charge is 0.482 e. The molecule has 0 saturated heterocycles. The maximum atomic E-state index is 14.4. The summed E-state index contributed by atoms with van der Waals surface area (Å²) in [5.74, 6) is -4.30. The number of pyridine rings is 1. The number of nitrogens with zero attached hydrogens (tertiary/aromatic N) is 1. The van der Waals surface area contributed by atoms with Gasteiger partial charge in [-0.05, 0) is 42.0 Å². The molecule has 3 aromatic rings. The normalized spacial score (nSPS) is 11.9. The maximum absolute atomic E-state index is 14.4. The fraction of sp³-hybridized carbons (Fsp3) is 0.167. The molecule has 0 fully saturated rings. The topological polar surface area (TPSA) is 97.4 Å². The molecule has 0 radical (unpaired) electrons. The lowest BCUT2D eigenvalue weighted by molar-refractivity contribution is -0.193. The Kier molecular flexibility index (Phi) is 8.26. The second kappa shape index (κ2) is 11.3. The lowest BCUT2D eigenvalue weighted by Crippen LogP contribution is -2.54. The van der Waals surface area contributed by atoms with Gasteiger partial charge < -0.3 is 15.4 Å². The molecule has 0 aliphatic rings. The van der Waals surface area contributed by atoms with Crippen molar-refractivity contribution in [2.75, 3.05) is 0 Å². The van der Waals surface area contributed by atoms with Crippen LogP contribution in [0.25, 0.3) is 0 Å². The van der Waals surface area contributed by atoms with Crippen LogP contribution in [0.3, 0.4) is 0 Å². The van der Waals surface area contributed by atoms with E-state index in [4.69, 9.17) is 11.6 Å². The number of aromatic nitrogens is 1. The Bertz CT molecular complexity index is 1130. The summed E-state index contributed by atoms with van der Waals surface area (Å²) in [5.41, 5.74) is 1.05. The van der Waals surface area contributed by atoms with E-state index < -0.39 is 29.7 Å². The van der Waals surface area contributed by atoms with E-state index in [2.05, 4.69) is 15.0 Å². The number of halogens is 3. The number of carbonyl (C=O) groups is 3. The van der Waals surface area contributed by atoms with Gasteiger partial charge in [-0.15, -0.1) is 0 Å². The second-order valence-electron chi connectivity index (χ2n) is 7.16. The summed E-state index contributed by atoms with van der Waals surface area (Å²) >= 11 is 5.72. The van der Waals surface area contributed by atoms with Crippen LogP contribution in [0.4, 0.5) is 8.78 Å². The smallest absolute Gasteiger partial charge is 0.425 e. The standard InChI is InChI=1S/C24H20ClF2N3O4/c25-17-9-11-19(12-10-17)34-24(26,27)23(33)30-20(14-16-6-2-1-3-7-16)21(31)22(32)29-15-18-8-4-5-13-28-18/h1-13,20H,14-15H2,(H,29,32)(H,30,33)/t20-/m1/s1. The maximum Gasteiger partial charge on any atom is 0.482 e. The summed E-state index contributed by atoms with van der Waals surface area (Å²) in [6.45, 7) is -0.0484. The fourth-order valence-electron chi connectivity index (χ4n) is 2.92. The van der Waals surface area contributed by atoms with Gasteiger partial charge in [0.15, 0.2) is 0 Å². The van der Waals surface area contributed by atoms with Crippen LogP contribution in [-0.4, -0.2) is 34.7 Å². The van der Waals surface area contributed by atoms with Gasteiger partial charge in [-0.2, -0.15) is 8.78 Å². The summed E-state index contributed by atoms with van der Waals surface area (Å²) in [6, 6.07) is 16.8. The van der Waals surface area contributed by atoms with Crippen LogP contribution in [0.1, 0.15) is 11.3 Å². The molecule has 0 spiro atoms. The van der Waals surface area contributed by atoms with E-state index in [1.165, 1.54) is 30.5 Å². The summed E-state index contributed by atoms with van der Waals surface area (Å²) < 4.78 is 33.4. The molecule has 3 rings (SSSR count). The number of ketones is 1. The highest BCUT2D eigenvalue weighted by Gasteiger charge is 2.44. The van der Waals surface area contributed by atoms with Crippen molar-refractivity contribution in [3.63, 3.8) is 0 Å². The predicted molar refractivity (Wildman–Crippen MR) is 120 cm³/mol. The number of ether oxygens (including phenoxy) is 1. The highest BCUT2D eigenvalue weighted by molar-refractivity contribution is 6.38. The van der Waals surface area contributed by atoms with E-state index in [9.17, 15) is 23.2 Å². The zero-order valence-corrected chi connectivity index (χ0v) is 18.5. The number of rotatable bonds is 10. The number of nitrogens with one attached hydrogen (secondary N) is 2. The molecule has 2 N–H and O–H groups in total. The van der Waals surface area contributed by atoms with Crippen LogP contribution in [0.5, 0.6) is 5.75 Å². The molecule has 1 heterocycles. The third-order valence-electron chi connectivity index (χ3n) is 4.61. The first-order valence-corrected chi connectivity index (χ1v) is 10.5. The SMILES string of the molecule is O=C(NCc1ccccn1)C(=O)[C@@H](Cc1ccccc1)NC(=O)C(F)(F)Oc1ccc(Cl)cc1. The molecule has 0 aliphatic carbocycles. The Labute approximate surface area is 199 Å². The molecule has 0 saturated carbocycles. The van der Waals surface area contributed by atoms with Gasteiger partial charge in [0.1, 0.15) is 11.8 Å². The molecular formula is C24H20ClF2N3O4. The predicted octanol–water partition coefficient (Wildman–Crippen LogP) is 3.32. The van der Waals surface area contributed by atoms with Gasteiger partial charge in [-0.3, -0.25) is 19.4 Å². The minimum Gasteiger partial charge on any atom is -0.425 e. The first-order chi connectivity index (χ1) is 16.2. The van der Waals surface area contributed by atoms with E-state index in [1.807, 2.05) is 5.32 Å². The van der Waals surface area contributed by atoms with Crippen LogP contribution < -0.4 is 15.4 Å². The number of carbonyl (C=O) groups excluding carboxylic acids is 3. The zero-order chi connectivity index (χ0) is 24.6. The number of Topliss-reactive ketones (excluding diaryl/α,β-unsaturated/α-hetero) is 1. The van der Waals surface area contributed by atoms with Crippen LogP contribution in [0, 0.1) is 0 Å². The van der Waals surface area contributed by atoms with Gasteiger partial charge in [-0.1, -0.05) is 48.0 Å². The highest BCUT2D eigenvalue weighted by Crippen LogP contribution is 2.24. The average molecular weight is 488 g/mol. The van der Waals surface area contributed by atoms with Crippen molar-refractivity contribution >= 4 is 29.2 Å². The Morgan fingerprint density at radius 1 is 0.971 bits per heavy atom. The van der Waals surface area contributed by atoms with Gasteiger partial charge in [0, 0.05) is 17.6 Å². The fourth-order valence-corrected chi connectivity index (χ4v) is 3.04. The van der Waals surface area contributed by atoms with Crippen molar-refractivity contribution in [3.8, 4) is 5.75 Å². The zero-order valence-electron chi connectivity index (χ0n) is 17.7. The van der Waals surface area contributed by atoms with Crippen LogP contribution >= 0.6 is 11.6 Å². The average Bonchev–Trinajstić information content (AvgIpc) is 2.84. The Hall–Kier alpha value is -3.85. The van der Waals surface area contributed by atoms with E-state index in [-0.39, 0.29) is 18.7 Å². The Morgan fingerprint density at radius 2 is 1.65 bits per heavy atom. The van der Waals surface area contributed by atoms with Gasteiger partial charge in [0.05, 0.1) is 12.2 Å². The summed E-state index contributed by atoms with van der Waals surface area (Å²) in [6.07, 6.45) is -2.97. The van der Waals surface area contributed by atoms with E-state index >= 15 is 0 Å². The van der Waals surface area contributed by atoms with Crippen molar-refractivity contribution in [3.05, 3.63) is 95.3 Å². The monoisotopic (exact) mass is 487 g/mol. The number of alkyl halides is 2. The molecule has 10 heteroatoms. The van der Waals surface area contributed by atoms with E-state index in [0.29, 0.717) is 16.3 Å². The third-order valence-corrected chi connectivity index (χ3v) is 4.86. The summed E-state index contributed by atoms with van der Waals surface area (Å²) in [7, 11) is 0. The lowest BCUT2D eigenvalue weighted by Gasteiger charge is -2.22. The minimum atomic E-state index is -4.31. The van der Waals surface area contributed by atoms with E-state index in [1.54, 1.807) is 48.5 Å². The van der Waals surface area contributed by atoms with E-state index in [0.717, 1.165) is 0 Å². The molecule has 0 unspecified atom stereocenters. The summed E-state index contributed by atoms with van der Waals surface area (Å²) in [4.78, 5) is 41.6. The van der Waals surface area contributed by atoms with Crippen molar-refractivity contribution in [1.82, 2.24) is 15.6 Å². The van der Waals surface area contributed by atoms with Gasteiger partial charge in [0.25, 0.3) is 5.91 Å². The molecular weight excluding hydrogens is 468 g/mol. The number of amides is 2. The molecule has 2 amide bonds. The highest BCUT2D eigenvalue weighted by atomic mass is 35.5. The Morgan fingerprint density at radius 3 is 2.29 bits per heavy atom. The molecule has 1 atom stereocenters. The summed E-state index contributed by atoms with van der Waals surface area (Å²) in [5, 5.41) is 4.64. The van der Waals surface area contributed by atoms with Crippen molar-refractivity contribution in [2.24, 2.45) is 0 Å². The second-order valence-corrected chi connectivity index (χ2v) is 7.59. The Balaban J connectivity index is 1.72. The molecule has 34 heavy (non-hydrogen) atoms. The van der Waals surface area contributed by atoms with Gasteiger partial charge in [-0.25, -0.2) is 0 Å². The lowest BCUT2D eigenvalue weighted by atomic mass is 10.0. The minimum absolute atomic E-state index is 0.0484. The number of benzene rings is 2. The van der Waals surface area contributed by atoms with Crippen molar-refractivity contribution < 1.29 is 27.9 Å². The molecule has 1 aromatic heterocycles. The van der Waals surface area contributed by atoms with Crippen molar-refractivity contribution in [2.45, 2.75) is 25.1 Å². The molecule has 0 bridgehead atoms. The number of hydrogen-bond donors (Lipinski definition) is 2. The quantitative estimate of drug-likeness (QED) is 0.428. The molecule has 176 valence electrons. The molecule has 0 aliphatic heterocycles. The van der Waals surface area contributed by atoms with Crippen LogP contribution in [0.15, 0.2) is 79.0 Å². The van der Waals surface area contributed by atoms with Crippen LogP contribution in [0.2, 0.25) is 5.02 Å². The van der Waals surface area contributed by atoms with Crippen LogP contribution in [-0.2, 0) is 27.3 Å². The van der Waals surface area contributed by atoms with Gasteiger partial charge in [0.2, 0.25) is 5.78 Å². The molecule has 2 aromatic carbocycles. The van der Waals surface area contributed by atoms with Crippen molar-refractivity contribution in [1.29, 1.82) is 0 Å². The number of hydrogen-bond acceptors (Lipinski definition) is 5. The first-order valence-electron chi connectivity index (χ1n) is 10.1.